The van der Waals surface area contributed by atoms with Gasteiger partial charge >= 0.3 is 11.9 Å². The number of rotatable bonds is 7. The molecule has 3 aromatic rings. The standard InChI is InChI=1S/C21H18O10/c22-11-8-14(25)18-15(9-11)30-20(10-5-6-12(23)13(24)7-10)21(19(18)29)31-17(28)4-2-1-3-16(26)27/h5-9,22-25H,1-4H2,(H,26,27). The molecule has 0 atom stereocenters. The maximum Gasteiger partial charge on any atom is 0.311 e. The highest BCUT2D eigenvalue weighted by Gasteiger charge is 2.23. The maximum atomic E-state index is 13.0. The van der Waals surface area contributed by atoms with E-state index in [-0.39, 0.29) is 53.7 Å². The zero-order valence-electron chi connectivity index (χ0n) is 16.0. The Kier molecular flexibility index (Phi) is 6.00. The topological polar surface area (TPSA) is 175 Å². The van der Waals surface area contributed by atoms with Gasteiger partial charge < -0.3 is 34.7 Å². The van der Waals surface area contributed by atoms with Gasteiger partial charge in [0.05, 0.1) is 0 Å². The Bertz CT molecular complexity index is 1230. The second-order valence-corrected chi connectivity index (χ2v) is 6.71. The summed E-state index contributed by atoms with van der Waals surface area (Å²) in [6.45, 7) is 0. The van der Waals surface area contributed by atoms with Crippen LogP contribution in [0, 0.1) is 0 Å². The lowest BCUT2D eigenvalue weighted by atomic mass is 10.1. The minimum absolute atomic E-state index is 0.0748. The molecule has 3 rings (SSSR count). The van der Waals surface area contributed by atoms with Crippen LogP contribution in [0.15, 0.2) is 39.5 Å². The Morgan fingerprint density at radius 3 is 2.29 bits per heavy atom. The van der Waals surface area contributed by atoms with Crippen molar-refractivity contribution in [1.82, 2.24) is 0 Å². The van der Waals surface area contributed by atoms with E-state index in [2.05, 4.69) is 0 Å². The third-order valence-electron chi connectivity index (χ3n) is 4.39. The molecule has 0 amide bonds. The van der Waals surface area contributed by atoms with Crippen LogP contribution in [-0.4, -0.2) is 37.5 Å². The number of carboxylic acid groups (broad SMARTS) is 1. The van der Waals surface area contributed by atoms with Crippen molar-refractivity contribution >= 4 is 22.9 Å². The summed E-state index contributed by atoms with van der Waals surface area (Å²) in [7, 11) is 0. The van der Waals surface area contributed by atoms with E-state index in [0.29, 0.717) is 0 Å². The van der Waals surface area contributed by atoms with Gasteiger partial charge in [-0.05, 0) is 31.0 Å². The summed E-state index contributed by atoms with van der Waals surface area (Å²) in [5.41, 5.74) is -1.03. The molecule has 0 aliphatic heterocycles. The minimum Gasteiger partial charge on any atom is -0.508 e. The molecule has 0 aliphatic carbocycles. The van der Waals surface area contributed by atoms with Crippen LogP contribution in [0.1, 0.15) is 25.7 Å². The lowest BCUT2D eigenvalue weighted by molar-refractivity contribution is -0.138. The molecule has 0 unspecified atom stereocenters. The van der Waals surface area contributed by atoms with Gasteiger partial charge in [-0.1, -0.05) is 0 Å². The second-order valence-electron chi connectivity index (χ2n) is 6.71. The van der Waals surface area contributed by atoms with Gasteiger partial charge in [-0.2, -0.15) is 0 Å². The van der Waals surface area contributed by atoms with E-state index in [1.807, 2.05) is 0 Å². The molecule has 162 valence electrons. The largest absolute Gasteiger partial charge is 0.508 e. The molecule has 0 saturated carbocycles. The first-order valence-electron chi connectivity index (χ1n) is 9.15. The fraction of sp³-hybridized carbons (Fsp3) is 0.190. The Hall–Kier alpha value is -4.21. The number of esters is 1. The molecule has 5 N–H and O–H groups in total. The van der Waals surface area contributed by atoms with Crippen LogP contribution in [0.4, 0.5) is 0 Å². The average molecular weight is 430 g/mol. The summed E-state index contributed by atoms with van der Waals surface area (Å²) in [5, 5.41) is 47.4. The van der Waals surface area contributed by atoms with Crippen LogP contribution in [0.2, 0.25) is 0 Å². The highest BCUT2D eigenvalue weighted by atomic mass is 16.5. The average Bonchev–Trinajstić information content (AvgIpc) is 2.68. The van der Waals surface area contributed by atoms with Crippen molar-refractivity contribution in [2.24, 2.45) is 0 Å². The van der Waals surface area contributed by atoms with Gasteiger partial charge in [-0.25, -0.2) is 0 Å². The molecule has 0 bridgehead atoms. The van der Waals surface area contributed by atoms with E-state index in [4.69, 9.17) is 14.3 Å². The van der Waals surface area contributed by atoms with Gasteiger partial charge in [0.25, 0.3) is 0 Å². The number of carboxylic acids is 1. The van der Waals surface area contributed by atoms with Crippen LogP contribution >= 0.6 is 0 Å². The lowest BCUT2D eigenvalue weighted by Crippen LogP contribution is -2.16. The summed E-state index contributed by atoms with van der Waals surface area (Å²) in [6, 6.07) is 5.51. The smallest absolute Gasteiger partial charge is 0.311 e. The third kappa shape index (κ3) is 4.69. The van der Waals surface area contributed by atoms with Crippen molar-refractivity contribution in [2.45, 2.75) is 25.7 Å². The fourth-order valence-corrected chi connectivity index (χ4v) is 2.93. The van der Waals surface area contributed by atoms with Crippen molar-refractivity contribution in [3.8, 4) is 40.1 Å². The molecule has 0 spiro atoms. The normalized spacial score (nSPS) is 10.8. The highest BCUT2D eigenvalue weighted by molar-refractivity contribution is 5.89. The number of hydrogen-bond donors (Lipinski definition) is 5. The highest BCUT2D eigenvalue weighted by Crippen LogP contribution is 2.38. The van der Waals surface area contributed by atoms with E-state index < -0.39 is 40.4 Å². The van der Waals surface area contributed by atoms with Gasteiger partial charge in [0, 0.05) is 30.5 Å². The minimum atomic E-state index is -1.00. The lowest BCUT2D eigenvalue weighted by Gasteiger charge is -2.12. The molecular formula is C21H18O10. The quantitative estimate of drug-likeness (QED) is 0.213. The summed E-state index contributed by atoms with van der Waals surface area (Å²) >= 11 is 0. The van der Waals surface area contributed by atoms with E-state index >= 15 is 0 Å². The number of aliphatic carboxylic acids is 1. The van der Waals surface area contributed by atoms with Gasteiger partial charge in [0.2, 0.25) is 11.2 Å². The summed E-state index contributed by atoms with van der Waals surface area (Å²) in [5.74, 6) is -4.61. The van der Waals surface area contributed by atoms with E-state index in [0.717, 1.165) is 24.3 Å². The van der Waals surface area contributed by atoms with E-state index in [9.17, 15) is 34.8 Å². The predicted octanol–water partition coefficient (Wildman–Crippen LogP) is 2.83. The predicted molar refractivity (Wildman–Crippen MR) is 106 cm³/mol. The van der Waals surface area contributed by atoms with Crippen LogP contribution in [-0.2, 0) is 9.59 Å². The molecule has 10 nitrogen and oxygen atoms in total. The van der Waals surface area contributed by atoms with E-state index in [1.54, 1.807) is 0 Å². The van der Waals surface area contributed by atoms with Crippen molar-refractivity contribution in [3.05, 3.63) is 40.6 Å². The summed E-state index contributed by atoms with van der Waals surface area (Å²) < 4.78 is 10.8. The number of aromatic hydroxyl groups is 4. The Morgan fingerprint density at radius 1 is 0.903 bits per heavy atom. The van der Waals surface area contributed by atoms with Crippen LogP contribution in [0.3, 0.4) is 0 Å². The number of phenolic OH excluding ortho intramolecular Hbond substituents is 4. The molecule has 1 heterocycles. The summed E-state index contributed by atoms with van der Waals surface area (Å²) in [6.07, 6.45) is 0.140. The van der Waals surface area contributed by atoms with Gasteiger partial charge in [0.15, 0.2) is 17.3 Å². The van der Waals surface area contributed by atoms with Crippen LogP contribution < -0.4 is 10.2 Å². The third-order valence-corrected chi connectivity index (χ3v) is 4.39. The molecule has 0 aliphatic rings. The number of carbonyl (C=O) groups is 2. The molecule has 0 radical (unpaired) electrons. The first-order valence-corrected chi connectivity index (χ1v) is 9.15. The van der Waals surface area contributed by atoms with Crippen LogP contribution in [0.5, 0.6) is 28.7 Å². The van der Waals surface area contributed by atoms with Gasteiger partial charge in [-0.3, -0.25) is 14.4 Å². The Labute approximate surface area is 174 Å². The molecule has 10 heteroatoms. The SMILES string of the molecule is O=C(O)CCCCC(=O)Oc1c(-c2ccc(O)c(O)c2)oc2cc(O)cc(O)c2c1=O. The number of hydrogen-bond acceptors (Lipinski definition) is 9. The van der Waals surface area contributed by atoms with Crippen molar-refractivity contribution in [1.29, 1.82) is 0 Å². The zero-order chi connectivity index (χ0) is 22.7. The zero-order valence-corrected chi connectivity index (χ0v) is 16.0. The van der Waals surface area contributed by atoms with Crippen molar-refractivity contribution in [2.75, 3.05) is 0 Å². The molecule has 1 aromatic heterocycles. The first kappa shape index (κ1) is 21.5. The summed E-state index contributed by atoms with van der Waals surface area (Å²) in [4.78, 5) is 35.8. The van der Waals surface area contributed by atoms with Crippen molar-refractivity contribution < 1.29 is 44.3 Å². The number of carbonyl (C=O) groups excluding carboxylic acids is 1. The van der Waals surface area contributed by atoms with Gasteiger partial charge in [0.1, 0.15) is 22.5 Å². The van der Waals surface area contributed by atoms with Gasteiger partial charge in [-0.15, -0.1) is 0 Å². The first-order chi connectivity index (χ1) is 14.7. The second kappa shape index (κ2) is 8.66. The van der Waals surface area contributed by atoms with Crippen LogP contribution in [0.25, 0.3) is 22.3 Å². The number of unbranched alkanes of at least 4 members (excludes halogenated alkanes) is 1. The Morgan fingerprint density at radius 2 is 1.61 bits per heavy atom. The van der Waals surface area contributed by atoms with Crippen molar-refractivity contribution in [3.63, 3.8) is 0 Å². The maximum absolute atomic E-state index is 13.0. The number of ether oxygens (including phenoxy) is 1. The monoisotopic (exact) mass is 430 g/mol. The van der Waals surface area contributed by atoms with E-state index in [1.165, 1.54) is 6.07 Å². The Balaban J connectivity index is 2.07. The molecule has 0 saturated heterocycles. The number of benzene rings is 2. The number of fused-ring (bicyclic) bond motifs is 1. The molecule has 0 fully saturated rings. The molecular weight excluding hydrogens is 412 g/mol. The number of phenols is 4. The molecule has 2 aromatic carbocycles. The fourth-order valence-electron chi connectivity index (χ4n) is 2.93. The molecule has 31 heavy (non-hydrogen) atoms.